The second-order valence-corrected chi connectivity index (χ2v) is 8.33. The van der Waals surface area contributed by atoms with Crippen molar-refractivity contribution in [1.29, 1.82) is 5.26 Å². The molecule has 10 heteroatoms. The van der Waals surface area contributed by atoms with E-state index in [0.717, 1.165) is 18.7 Å². The van der Waals surface area contributed by atoms with Gasteiger partial charge < -0.3 is 26.2 Å². The summed E-state index contributed by atoms with van der Waals surface area (Å²) in [6.07, 6.45) is 6.66. The Hall–Kier alpha value is -4.41. The van der Waals surface area contributed by atoms with Gasteiger partial charge in [0.1, 0.15) is 5.82 Å². The van der Waals surface area contributed by atoms with Crippen LogP contribution in [0.25, 0.3) is 0 Å². The number of carbonyl (C=O) groups excluding carboxylic acids is 2. The monoisotopic (exact) mass is 502 g/mol. The lowest BCUT2D eigenvalue weighted by molar-refractivity contribution is -0.121. The maximum atomic E-state index is 12.0. The zero-order valence-corrected chi connectivity index (χ0v) is 21.6. The lowest BCUT2D eigenvalue weighted by Gasteiger charge is -2.10. The Bertz CT molecular complexity index is 1160. The molecule has 0 aliphatic heterocycles. The Labute approximate surface area is 218 Å². The zero-order chi connectivity index (χ0) is 26.9. The van der Waals surface area contributed by atoms with Gasteiger partial charge in [-0.1, -0.05) is 24.8 Å². The van der Waals surface area contributed by atoms with E-state index in [0.29, 0.717) is 48.8 Å². The molecule has 194 valence electrons. The Morgan fingerprint density at radius 2 is 1.92 bits per heavy atom. The third-order valence-corrected chi connectivity index (χ3v) is 4.82. The fraction of sp³-hybridized carbons (Fsp3) is 0.370. The molecule has 37 heavy (non-hydrogen) atoms. The Kier molecular flexibility index (Phi) is 12.7. The lowest BCUT2D eigenvalue weighted by atomic mass is 10.2. The van der Waals surface area contributed by atoms with Crippen LogP contribution in [0.4, 0.5) is 17.5 Å². The highest BCUT2D eigenvalue weighted by atomic mass is 16.2. The van der Waals surface area contributed by atoms with Crippen molar-refractivity contribution in [3.05, 3.63) is 53.7 Å². The van der Waals surface area contributed by atoms with Gasteiger partial charge in [0.25, 0.3) is 0 Å². The molecule has 1 aromatic carbocycles. The second kappa shape index (κ2) is 16.3. The van der Waals surface area contributed by atoms with Gasteiger partial charge in [-0.3, -0.25) is 9.59 Å². The van der Waals surface area contributed by atoms with E-state index < -0.39 is 0 Å². The van der Waals surface area contributed by atoms with E-state index in [1.54, 1.807) is 36.5 Å². The lowest BCUT2D eigenvalue weighted by Crippen LogP contribution is -2.26. The molecule has 0 atom stereocenters. The smallest absolute Gasteiger partial charge is 0.243 e. The molecule has 0 unspecified atom stereocenters. The van der Waals surface area contributed by atoms with Gasteiger partial charge in [0.05, 0.1) is 29.9 Å². The van der Waals surface area contributed by atoms with Gasteiger partial charge in [-0.15, -0.1) is 0 Å². The topological polar surface area (TPSA) is 135 Å². The van der Waals surface area contributed by atoms with Crippen molar-refractivity contribution in [2.75, 3.05) is 50.9 Å². The van der Waals surface area contributed by atoms with Gasteiger partial charge >= 0.3 is 0 Å². The van der Waals surface area contributed by atoms with Crippen LogP contribution in [0.2, 0.25) is 0 Å². The highest BCUT2D eigenvalue weighted by Crippen LogP contribution is 2.17. The Balaban J connectivity index is 1.83. The molecule has 0 saturated heterocycles. The normalized spacial score (nSPS) is 10.4. The molecule has 0 aliphatic carbocycles. The minimum absolute atomic E-state index is 0.130. The molecule has 4 N–H and O–H groups in total. The van der Waals surface area contributed by atoms with E-state index >= 15 is 0 Å². The van der Waals surface area contributed by atoms with Crippen LogP contribution < -0.4 is 21.3 Å². The number of aromatic nitrogens is 2. The second-order valence-electron chi connectivity index (χ2n) is 8.33. The number of likely N-dealkylation sites (N-methyl/N-ethyl adjacent to an activating group) is 1. The van der Waals surface area contributed by atoms with E-state index in [-0.39, 0.29) is 18.4 Å². The van der Waals surface area contributed by atoms with Gasteiger partial charge in [-0.05, 0) is 51.2 Å². The number of rotatable bonds is 13. The Morgan fingerprint density at radius 1 is 1.14 bits per heavy atom. The number of benzene rings is 1. The van der Waals surface area contributed by atoms with Crippen LogP contribution in [0.3, 0.4) is 0 Å². The molecule has 0 fully saturated rings. The quantitative estimate of drug-likeness (QED) is 0.186. The van der Waals surface area contributed by atoms with Crippen LogP contribution in [0.15, 0.2) is 42.6 Å². The zero-order valence-electron chi connectivity index (χ0n) is 21.6. The summed E-state index contributed by atoms with van der Waals surface area (Å²) < 4.78 is 0. The van der Waals surface area contributed by atoms with Gasteiger partial charge in [0.2, 0.25) is 17.8 Å². The highest BCUT2D eigenvalue weighted by molar-refractivity contribution is 5.87. The maximum Gasteiger partial charge on any atom is 0.243 e. The minimum Gasteiger partial charge on any atom is -0.369 e. The van der Waals surface area contributed by atoms with E-state index in [9.17, 15) is 9.59 Å². The Morgan fingerprint density at radius 3 is 2.62 bits per heavy atom. The number of nitrogens with one attached hydrogen (secondary N) is 4. The average molecular weight is 503 g/mol. The average Bonchev–Trinajstić information content (AvgIpc) is 2.89. The first-order valence-corrected chi connectivity index (χ1v) is 12.1. The van der Waals surface area contributed by atoms with Crippen molar-refractivity contribution in [3.63, 3.8) is 0 Å². The first-order valence-electron chi connectivity index (χ1n) is 12.1. The third kappa shape index (κ3) is 11.7. The number of anilines is 3. The molecule has 0 radical (unpaired) electrons. The molecule has 1 heterocycles. The summed E-state index contributed by atoms with van der Waals surface area (Å²) in [4.78, 5) is 34.5. The first kappa shape index (κ1) is 28.8. The number of hydrogen-bond acceptors (Lipinski definition) is 8. The molecule has 2 amide bonds. The van der Waals surface area contributed by atoms with Gasteiger partial charge in [-0.25, -0.2) is 4.98 Å². The predicted molar refractivity (Wildman–Crippen MR) is 145 cm³/mol. The van der Waals surface area contributed by atoms with Crippen LogP contribution in [0.5, 0.6) is 0 Å². The predicted octanol–water partition coefficient (Wildman–Crippen LogP) is 2.40. The number of carbonyl (C=O) groups is 2. The molecule has 0 aliphatic rings. The van der Waals surface area contributed by atoms with Gasteiger partial charge in [0.15, 0.2) is 0 Å². The van der Waals surface area contributed by atoms with Crippen LogP contribution >= 0.6 is 0 Å². The molecular formula is C27H34N8O2. The summed E-state index contributed by atoms with van der Waals surface area (Å²) in [5.74, 6) is 6.65. The standard InChI is InChI=1S/C27H34N8O2/c1-4-15-31-26-22(20-32-27(34-26)33-23-13-11-21(19-28)12-14-23)8-5-16-29-24(36)9-6-17-30-25(37)10-7-18-35(2)3/h7,10-14,20H,4,6,9,15-18H2,1-3H3,(H,29,36)(H,30,37)(H2,31,32,33,34)/b10-7+. The molecule has 0 bridgehead atoms. The summed E-state index contributed by atoms with van der Waals surface area (Å²) in [5, 5.41) is 20.8. The van der Waals surface area contributed by atoms with Crippen molar-refractivity contribution < 1.29 is 9.59 Å². The molecule has 1 aromatic heterocycles. The van der Waals surface area contributed by atoms with Crippen LogP contribution in [-0.2, 0) is 9.59 Å². The molecule has 2 aromatic rings. The summed E-state index contributed by atoms with van der Waals surface area (Å²) in [7, 11) is 3.85. The summed E-state index contributed by atoms with van der Waals surface area (Å²) in [5.41, 5.74) is 1.96. The van der Waals surface area contributed by atoms with E-state index in [1.165, 1.54) is 6.08 Å². The summed E-state index contributed by atoms with van der Waals surface area (Å²) >= 11 is 0. The molecule has 0 saturated carbocycles. The van der Waals surface area contributed by atoms with E-state index in [1.807, 2.05) is 19.0 Å². The highest BCUT2D eigenvalue weighted by Gasteiger charge is 2.06. The van der Waals surface area contributed by atoms with E-state index in [4.69, 9.17) is 5.26 Å². The number of amides is 2. The SMILES string of the molecule is CCCNc1nc(Nc2ccc(C#N)cc2)ncc1C#CCNC(=O)CCCNC(=O)/C=C/CN(C)C. The molecular weight excluding hydrogens is 468 g/mol. The van der Waals surface area contributed by atoms with Gasteiger partial charge in [-0.2, -0.15) is 10.2 Å². The molecule has 0 spiro atoms. The van der Waals surface area contributed by atoms with E-state index in [2.05, 4.69) is 56.1 Å². The number of hydrogen-bond donors (Lipinski definition) is 4. The summed E-state index contributed by atoms with van der Waals surface area (Å²) in [6.45, 7) is 4.09. The van der Waals surface area contributed by atoms with Crippen molar-refractivity contribution in [2.24, 2.45) is 0 Å². The fourth-order valence-corrected chi connectivity index (χ4v) is 2.93. The van der Waals surface area contributed by atoms with Crippen LogP contribution in [0.1, 0.15) is 37.3 Å². The number of nitrogens with zero attached hydrogens (tertiary/aromatic N) is 4. The van der Waals surface area contributed by atoms with Crippen LogP contribution in [-0.4, -0.2) is 67.0 Å². The fourth-order valence-electron chi connectivity index (χ4n) is 2.93. The number of nitriles is 1. The third-order valence-electron chi connectivity index (χ3n) is 4.82. The van der Waals surface area contributed by atoms with Crippen molar-refractivity contribution in [3.8, 4) is 17.9 Å². The van der Waals surface area contributed by atoms with Crippen molar-refractivity contribution >= 4 is 29.3 Å². The van der Waals surface area contributed by atoms with Crippen molar-refractivity contribution in [1.82, 2.24) is 25.5 Å². The maximum absolute atomic E-state index is 12.0. The van der Waals surface area contributed by atoms with Crippen molar-refractivity contribution in [2.45, 2.75) is 26.2 Å². The molecule has 2 rings (SSSR count). The largest absolute Gasteiger partial charge is 0.369 e. The van der Waals surface area contributed by atoms with Crippen LogP contribution in [0, 0.1) is 23.2 Å². The van der Waals surface area contributed by atoms with Gasteiger partial charge in [0, 0.05) is 37.8 Å². The first-order chi connectivity index (χ1) is 17.9. The molecule has 10 nitrogen and oxygen atoms in total. The summed E-state index contributed by atoms with van der Waals surface area (Å²) in [6, 6.07) is 9.09. The minimum atomic E-state index is -0.166.